The summed E-state index contributed by atoms with van der Waals surface area (Å²) >= 11 is 0. The van der Waals surface area contributed by atoms with E-state index in [1.165, 1.54) is 16.4 Å². The Morgan fingerprint density at radius 3 is 2.57 bits per heavy atom. The summed E-state index contributed by atoms with van der Waals surface area (Å²) in [7, 11) is -3.46. The van der Waals surface area contributed by atoms with Gasteiger partial charge in [-0.25, -0.2) is 8.42 Å². The van der Waals surface area contributed by atoms with Gasteiger partial charge >= 0.3 is 0 Å². The second kappa shape index (κ2) is 7.37. The number of carbonyl (C=O) groups is 1. The maximum absolute atomic E-state index is 12.6. The molecule has 1 aliphatic heterocycles. The van der Waals surface area contributed by atoms with Crippen LogP contribution < -0.4 is 5.32 Å². The van der Waals surface area contributed by atoms with Crippen molar-refractivity contribution >= 4 is 32.6 Å². The number of hydrogen-bond donors (Lipinski definition) is 1. The maximum Gasteiger partial charge on any atom is 0.243 e. The first kappa shape index (κ1) is 18.6. The summed E-state index contributed by atoms with van der Waals surface area (Å²) in [5.41, 5.74) is 2.82. The highest BCUT2D eigenvalue weighted by Crippen LogP contribution is 2.23. The van der Waals surface area contributed by atoms with Gasteiger partial charge in [0, 0.05) is 24.2 Å². The molecule has 0 unspecified atom stereocenters. The minimum Gasteiger partial charge on any atom is -0.356 e. The molecule has 2 aromatic carbocycles. The highest BCUT2D eigenvalue weighted by atomic mass is 32.2. The lowest BCUT2D eigenvalue weighted by Crippen LogP contribution is -2.27. The van der Waals surface area contributed by atoms with Gasteiger partial charge in [0.15, 0.2) is 5.58 Å². The van der Waals surface area contributed by atoms with Crippen LogP contribution in [-0.2, 0) is 21.2 Å². The number of fused-ring (bicyclic) bond motifs is 1. The number of anilines is 1. The lowest BCUT2D eigenvalue weighted by molar-refractivity contribution is -0.115. The Morgan fingerprint density at radius 1 is 1.14 bits per heavy atom. The third-order valence-electron chi connectivity index (χ3n) is 4.87. The summed E-state index contributed by atoms with van der Waals surface area (Å²) < 4.78 is 31.9. The molecule has 0 atom stereocenters. The molecular formula is C20H21N3O4S. The highest BCUT2D eigenvalue weighted by molar-refractivity contribution is 7.89. The summed E-state index contributed by atoms with van der Waals surface area (Å²) in [5, 5.41) is 7.59. The van der Waals surface area contributed by atoms with E-state index in [-0.39, 0.29) is 17.2 Å². The fourth-order valence-electron chi connectivity index (χ4n) is 3.37. The van der Waals surface area contributed by atoms with Crippen LogP contribution in [0.15, 0.2) is 51.9 Å². The molecular weight excluding hydrogens is 378 g/mol. The number of benzene rings is 2. The number of hydrogen-bond acceptors (Lipinski definition) is 5. The molecule has 1 N–H and O–H groups in total. The molecule has 146 valence electrons. The van der Waals surface area contributed by atoms with Crippen LogP contribution in [0.4, 0.5) is 5.69 Å². The zero-order valence-corrected chi connectivity index (χ0v) is 16.3. The van der Waals surface area contributed by atoms with E-state index in [1.54, 1.807) is 12.1 Å². The molecule has 0 aliphatic carbocycles. The molecule has 4 rings (SSSR count). The molecule has 7 nitrogen and oxygen atoms in total. The Balaban J connectivity index is 1.45. The van der Waals surface area contributed by atoms with E-state index in [4.69, 9.17) is 4.52 Å². The zero-order chi connectivity index (χ0) is 19.7. The summed E-state index contributed by atoms with van der Waals surface area (Å²) in [4.78, 5) is 12.6. The van der Waals surface area contributed by atoms with Crippen molar-refractivity contribution < 1.29 is 17.7 Å². The lowest BCUT2D eigenvalue weighted by Gasteiger charge is -2.15. The number of aryl methyl sites for hydroxylation is 1. The largest absolute Gasteiger partial charge is 0.356 e. The second-order valence-corrected chi connectivity index (χ2v) is 8.93. The Morgan fingerprint density at radius 2 is 1.86 bits per heavy atom. The monoisotopic (exact) mass is 399 g/mol. The summed E-state index contributed by atoms with van der Waals surface area (Å²) in [6.07, 6.45) is 1.86. The third kappa shape index (κ3) is 3.65. The first-order chi connectivity index (χ1) is 13.4. The Hall–Kier alpha value is -2.71. The Kier molecular flexibility index (Phi) is 4.91. The Bertz CT molecular complexity index is 1110. The van der Waals surface area contributed by atoms with Gasteiger partial charge in [0.25, 0.3) is 0 Å². The summed E-state index contributed by atoms with van der Waals surface area (Å²) in [6.45, 7) is 3.09. The number of nitrogens with zero attached hydrogens (tertiary/aromatic N) is 2. The lowest BCUT2D eigenvalue weighted by atomic mass is 10.1. The van der Waals surface area contributed by atoms with Crippen LogP contribution in [0.2, 0.25) is 0 Å². The normalized spacial score (nSPS) is 15.2. The quantitative estimate of drug-likeness (QED) is 0.712. The smallest absolute Gasteiger partial charge is 0.243 e. The molecule has 1 saturated heterocycles. The van der Waals surface area contributed by atoms with Crippen molar-refractivity contribution in [3.63, 3.8) is 0 Å². The first-order valence-electron chi connectivity index (χ1n) is 9.18. The average molecular weight is 399 g/mol. The molecule has 0 radical (unpaired) electrons. The average Bonchev–Trinajstić information content (AvgIpc) is 3.33. The van der Waals surface area contributed by atoms with Crippen molar-refractivity contribution in [2.24, 2.45) is 0 Å². The number of rotatable bonds is 5. The van der Waals surface area contributed by atoms with Gasteiger partial charge in [-0.1, -0.05) is 16.8 Å². The van der Waals surface area contributed by atoms with Crippen molar-refractivity contribution in [1.82, 2.24) is 9.46 Å². The molecule has 3 aromatic rings. The first-order valence-corrected chi connectivity index (χ1v) is 10.6. The van der Waals surface area contributed by atoms with Gasteiger partial charge in [0.1, 0.15) is 5.69 Å². The second-order valence-electron chi connectivity index (χ2n) is 6.99. The van der Waals surface area contributed by atoms with Crippen LogP contribution in [-0.4, -0.2) is 36.9 Å². The minimum absolute atomic E-state index is 0.0737. The molecule has 28 heavy (non-hydrogen) atoms. The van der Waals surface area contributed by atoms with Crippen molar-refractivity contribution in [3.05, 3.63) is 53.7 Å². The van der Waals surface area contributed by atoms with E-state index in [9.17, 15) is 13.2 Å². The number of nitrogens with one attached hydrogen (secondary N) is 1. The van der Waals surface area contributed by atoms with Crippen LogP contribution in [0.1, 0.15) is 24.1 Å². The van der Waals surface area contributed by atoms with E-state index in [2.05, 4.69) is 10.5 Å². The van der Waals surface area contributed by atoms with Gasteiger partial charge in [-0.05, 0) is 56.2 Å². The predicted molar refractivity (Wildman–Crippen MR) is 106 cm³/mol. The van der Waals surface area contributed by atoms with Crippen LogP contribution >= 0.6 is 0 Å². The highest BCUT2D eigenvalue weighted by Gasteiger charge is 2.27. The molecule has 1 aromatic heterocycles. The van der Waals surface area contributed by atoms with Crippen molar-refractivity contribution in [2.45, 2.75) is 31.1 Å². The predicted octanol–water partition coefficient (Wildman–Crippen LogP) is 3.10. The number of sulfonamides is 1. The third-order valence-corrected chi connectivity index (χ3v) is 6.78. The molecule has 0 bridgehead atoms. The number of amides is 1. The topological polar surface area (TPSA) is 92.5 Å². The zero-order valence-electron chi connectivity index (χ0n) is 15.5. The molecule has 2 heterocycles. The van der Waals surface area contributed by atoms with Gasteiger partial charge in [0.05, 0.1) is 11.3 Å². The van der Waals surface area contributed by atoms with Crippen LogP contribution in [0.25, 0.3) is 11.0 Å². The summed E-state index contributed by atoms with van der Waals surface area (Å²) in [5.74, 6) is -0.244. The number of carbonyl (C=O) groups excluding carboxylic acids is 1. The van der Waals surface area contributed by atoms with Gasteiger partial charge < -0.3 is 9.84 Å². The molecule has 0 spiro atoms. The fourth-order valence-corrected chi connectivity index (χ4v) is 4.89. The van der Waals surface area contributed by atoms with E-state index in [0.717, 1.165) is 23.8 Å². The molecule has 1 fully saturated rings. The fraction of sp³-hybridized carbons (Fsp3) is 0.300. The van der Waals surface area contributed by atoms with E-state index in [1.807, 2.05) is 25.1 Å². The van der Waals surface area contributed by atoms with Gasteiger partial charge in [-0.15, -0.1) is 0 Å². The van der Waals surface area contributed by atoms with E-state index < -0.39 is 10.0 Å². The van der Waals surface area contributed by atoms with Crippen LogP contribution in [0, 0.1) is 6.92 Å². The van der Waals surface area contributed by atoms with Crippen molar-refractivity contribution in [2.75, 3.05) is 18.4 Å². The Labute approximate surface area is 163 Å². The molecule has 0 saturated carbocycles. The number of aromatic nitrogens is 1. The molecule has 8 heteroatoms. The van der Waals surface area contributed by atoms with E-state index in [0.29, 0.717) is 30.1 Å². The SMILES string of the molecule is Cc1ccc2onc(CC(=O)Nc3ccc(S(=O)(=O)N4CCCC4)cc3)c2c1. The summed E-state index contributed by atoms with van der Waals surface area (Å²) in [6, 6.07) is 12.0. The minimum atomic E-state index is -3.46. The van der Waals surface area contributed by atoms with Crippen LogP contribution in [0.3, 0.4) is 0 Å². The molecule has 1 aliphatic rings. The van der Waals surface area contributed by atoms with Crippen molar-refractivity contribution in [3.8, 4) is 0 Å². The maximum atomic E-state index is 12.6. The van der Waals surface area contributed by atoms with E-state index >= 15 is 0 Å². The van der Waals surface area contributed by atoms with Crippen molar-refractivity contribution in [1.29, 1.82) is 0 Å². The molecule has 1 amide bonds. The van der Waals surface area contributed by atoms with Crippen LogP contribution in [0.5, 0.6) is 0 Å². The van der Waals surface area contributed by atoms with Gasteiger partial charge in [-0.3, -0.25) is 4.79 Å². The van der Waals surface area contributed by atoms with Gasteiger partial charge in [0.2, 0.25) is 15.9 Å². The van der Waals surface area contributed by atoms with Gasteiger partial charge in [-0.2, -0.15) is 4.31 Å². The standard InChI is InChI=1S/C20H21N3O4S/c1-14-4-9-19-17(12-14)18(22-27-19)13-20(24)21-15-5-7-16(8-6-15)28(25,26)23-10-2-3-11-23/h4-9,12H,2-3,10-11,13H2,1H3,(H,21,24).